The van der Waals surface area contributed by atoms with E-state index in [1.54, 1.807) is 45.0 Å². The lowest BCUT2D eigenvalue weighted by atomic mass is 10.1. The van der Waals surface area contributed by atoms with Crippen LogP contribution in [0.25, 0.3) is 0 Å². The summed E-state index contributed by atoms with van der Waals surface area (Å²) in [5.74, 6) is 0.221. The molecule has 10 nitrogen and oxygen atoms in total. The Morgan fingerprint density at radius 2 is 1.49 bits per heavy atom. The summed E-state index contributed by atoms with van der Waals surface area (Å²) < 4.78 is 5.30. The molecule has 0 bridgehead atoms. The molecule has 0 saturated carbocycles. The van der Waals surface area contributed by atoms with Gasteiger partial charge in [-0.05, 0) is 50.1 Å². The van der Waals surface area contributed by atoms with E-state index >= 15 is 0 Å². The van der Waals surface area contributed by atoms with Crippen molar-refractivity contribution in [3.8, 4) is 0 Å². The minimum absolute atomic E-state index is 0.0329. The van der Waals surface area contributed by atoms with Crippen molar-refractivity contribution in [3.05, 3.63) is 112 Å². The number of nitrogens with one attached hydrogen (secondary N) is 2. The topological polar surface area (TPSA) is 123 Å². The van der Waals surface area contributed by atoms with Crippen molar-refractivity contribution in [1.82, 2.24) is 9.97 Å². The minimum Gasteiger partial charge on any atom is -0.444 e. The SMILES string of the molecule is CC(C)(C)OC(=O)Nc1cccc(Nc2ncnc(N(Cc3ccccc3)Cc3ccccc3)c2[N+](=O)[O-])c1. The number of hydrogen-bond acceptors (Lipinski definition) is 8. The van der Waals surface area contributed by atoms with Gasteiger partial charge in [0.25, 0.3) is 0 Å². The molecule has 0 aliphatic carbocycles. The van der Waals surface area contributed by atoms with Gasteiger partial charge in [-0.25, -0.2) is 14.8 Å². The molecule has 0 spiro atoms. The van der Waals surface area contributed by atoms with Crippen LogP contribution in [0.2, 0.25) is 0 Å². The van der Waals surface area contributed by atoms with Gasteiger partial charge in [-0.15, -0.1) is 0 Å². The van der Waals surface area contributed by atoms with Crippen LogP contribution in [0.1, 0.15) is 31.9 Å². The molecule has 1 aromatic heterocycles. The van der Waals surface area contributed by atoms with Crippen LogP contribution in [0.15, 0.2) is 91.3 Å². The van der Waals surface area contributed by atoms with Crippen LogP contribution in [0.5, 0.6) is 0 Å². The van der Waals surface area contributed by atoms with Crippen molar-refractivity contribution in [2.45, 2.75) is 39.5 Å². The first-order chi connectivity index (χ1) is 18.7. The smallest absolute Gasteiger partial charge is 0.412 e. The van der Waals surface area contributed by atoms with Crippen LogP contribution in [0.3, 0.4) is 0 Å². The van der Waals surface area contributed by atoms with E-state index in [1.165, 1.54) is 6.33 Å². The van der Waals surface area contributed by atoms with Crippen molar-refractivity contribution >= 4 is 34.8 Å². The summed E-state index contributed by atoms with van der Waals surface area (Å²) in [6.45, 7) is 6.13. The molecule has 0 saturated heterocycles. The molecule has 3 aromatic carbocycles. The number of amides is 1. The monoisotopic (exact) mass is 526 g/mol. The highest BCUT2D eigenvalue weighted by Crippen LogP contribution is 2.35. The Labute approximate surface area is 226 Å². The second-order valence-electron chi connectivity index (χ2n) is 9.81. The number of nitrogens with zero attached hydrogens (tertiary/aromatic N) is 4. The van der Waals surface area contributed by atoms with Crippen molar-refractivity contribution in [1.29, 1.82) is 0 Å². The van der Waals surface area contributed by atoms with E-state index in [9.17, 15) is 14.9 Å². The van der Waals surface area contributed by atoms with Crippen LogP contribution >= 0.6 is 0 Å². The minimum atomic E-state index is -0.650. The molecule has 0 aliphatic heterocycles. The standard InChI is InChI=1S/C29H30N6O4/c1-29(2,3)39-28(36)33-24-16-10-15-23(17-24)32-26-25(35(37)38)27(31-20-30-26)34(18-21-11-6-4-7-12-21)19-22-13-8-5-9-14-22/h4-17,20H,18-19H2,1-3H3,(H,33,36)(H,30,31,32). The molecule has 10 heteroatoms. The van der Waals surface area contributed by atoms with Crippen LogP contribution in [-0.4, -0.2) is 26.6 Å². The summed E-state index contributed by atoms with van der Waals surface area (Å²) in [4.78, 5) is 34.5. The molecule has 0 unspecified atom stereocenters. The lowest BCUT2D eigenvalue weighted by molar-refractivity contribution is -0.383. The number of anilines is 4. The van der Waals surface area contributed by atoms with Gasteiger partial charge < -0.3 is 15.0 Å². The Morgan fingerprint density at radius 3 is 2.05 bits per heavy atom. The molecular weight excluding hydrogens is 496 g/mol. The predicted molar refractivity (Wildman–Crippen MR) is 151 cm³/mol. The van der Waals surface area contributed by atoms with E-state index in [0.717, 1.165) is 11.1 Å². The fraction of sp³-hybridized carbons (Fsp3) is 0.207. The normalized spacial score (nSPS) is 10.9. The third-order valence-corrected chi connectivity index (χ3v) is 5.49. The zero-order chi connectivity index (χ0) is 27.8. The van der Waals surface area contributed by atoms with Crippen LogP contribution in [0, 0.1) is 10.1 Å². The second-order valence-corrected chi connectivity index (χ2v) is 9.81. The van der Waals surface area contributed by atoms with Crippen LogP contribution in [-0.2, 0) is 17.8 Å². The van der Waals surface area contributed by atoms with Gasteiger partial charge in [0.15, 0.2) is 0 Å². The van der Waals surface area contributed by atoms with Crippen molar-refractivity contribution in [2.75, 3.05) is 15.5 Å². The van der Waals surface area contributed by atoms with Gasteiger partial charge >= 0.3 is 11.8 Å². The number of rotatable bonds is 9. The molecule has 39 heavy (non-hydrogen) atoms. The zero-order valence-corrected chi connectivity index (χ0v) is 22.0. The lowest BCUT2D eigenvalue weighted by Gasteiger charge is -2.24. The molecule has 2 N–H and O–H groups in total. The summed E-state index contributed by atoms with van der Waals surface area (Å²) in [7, 11) is 0. The largest absolute Gasteiger partial charge is 0.444 e. The Morgan fingerprint density at radius 1 is 0.897 bits per heavy atom. The van der Waals surface area contributed by atoms with Crippen molar-refractivity contribution in [3.63, 3.8) is 0 Å². The summed E-state index contributed by atoms with van der Waals surface area (Å²) in [6, 6.07) is 26.2. The molecule has 1 amide bonds. The highest BCUT2D eigenvalue weighted by molar-refractivity contribution is 5.86. The van der Waals surface area contributed by atoms with Gasteiger partial charge in [-0.1, -0.05) is 66.7 Å². The third kappa shape index (κ3) is 7.75. The summed E-state index contributed by atoms with van der Waals surface area (Å²) in [6.07, 6.45) is 0.698. The van der Waals surface area contributed by atoms with Gasteiger partial charge in [0.05, 0.1) is 4.92 Å². The Kier molecular flexibility index (Phi) is 8.35. The van der Waals surface area contributed by atoms with Gasteiger partial charge in [0.1, 0.15) is 11.9 Å². The average molecular weight is 527 g/mol. The lowest BCUT2D eigenvalue weighted by Crippen LogP contribution is -2.27. The number of carbonyl (C=O) groups is 1. The second kappa shape index (κ2) is 12.0. The molecule has 4 aromatic rings. The van der Waals surface area contributed by atoms with E-state index in [1.807, 2.05) is 65.6 Å². The van der Waals surface area contributed by atoms with Crippen molar-refractivity contribution < 1.29 is 14.5 Å². The quantitative estimate of drug-likeness (QED) is 0.183. The van der Waals surface area contributed by atoms with Gasteiger partial charge in [0, 0.05) is 24.5 Å². The zero-order valence-electron chi connectivity index (χ0n) is 22.0. The highest BCUT2D eigenvalue weighted by Gasteiger charge is 2.28. The maximum Gasteiger partial charge on any atom is 0.412 e. The van der Waals surface area contributed by atoms with E-state index < -0.39 is 16.6 Å². The highest BCUT2D eigenvalue weighted by atomic mass is 16.6. The van der Waals surface area contributed by atoms with E-state index in [4.69, 9.17) is 4.74 Å². The fourth-order valence-electron chi connectivity index (χ4n) is 3.91. The Hall–Kier alpha value is -4.99. The number of carbonyl (C=O) groups excluding carboxylic acids is 1. The number of ether oxygens (including phenoxy) is 1. The molecule has 4 rings (SSSR count). The number of benzene rings is 3. The maximum atomic E-state index is 12.4. The third-order valence-electron chi connectivity index (χ3n) is 5.49. The Bertz CT molecular complexity index is 1380. The fourth-order valence-corrected chi connectivity index (χ4v) is 3.91. The number of aromatic nitrogens is 2. The molecule has 200 valence electrons. The van der Waals surface area contributed by atoms with Gasteiger partial charge in [-0.3, -0.25) is 15.4 Å². The molecular formula is C29H30N6O4. The number of hydrogen-bond donors (Lipinski definition) is 2. The first-order valence-corrected chi connectivity index (χ1v) is 12.4. The maximum absolute atomic E-state index is 12.4. The van der Waals surface area contributed by atoms with Gasteiger partial charge in [-0.2, -0.15) is 0 Å². The average Bonchev–Trinajstić information content (AvgIpc) is 2.88. The van der Waals surface area contributed by atoms with Crippen molar-refractivity contribution in [2.24, 2.45) is 0 Å². The molecule has 0 radical (unpaired) electrons. The van der Waals surface area contributed by atoms with E-state index in [-0.39, 0.29) is 17.3 Å². The molecule has 0 fully saturated rings. The number of nitro groups is 1. The molecule has 0 aliphatic rings. The summed E-state index contributed by atoms with van der Waals surface area (Å²) in [5, 5.41) is 18.1. The van der Waals surface area contributed by atoms with Crippen LogP contribution in [0.4, 0.5) is 33.5 Å². The molecule has 0 atom stereocenters. The summed E-state index contributed by atoms with van der Waals surface area (Å²) >= 11 is 0. The van der Waals surface area contributed by atoms with E-state index in [0.29, 0.717) is 24.5 Å². The van der Waals surface area contributed by atoms with Crippen LogP contribution < -0.4 is 15.5 Å². The first kappa shape index (κ1) is 27.1. The predicted octanol–water partition coefficient (Wildman–Crippen LogP) is 6.68. The van der Waals surface area contributed by atoms with E-state index in [2.05, 4.69) is 20.6 Å². The van der Waals surface area contributed by atoms with Gasteiger partial charge in [0.2, 0.25) is 11.6 Å². The first-order valence-electron chi connectivity index (χ1n) is 12.4. The Balaban J connectivity index is 1.65. The molecule has 1 heterocycles. The summed E-state index contributed by atoms with van der Waals surface area (Å²) in [5.41, 5.74) is 2.02.